The summed E-state index contributed by atoms with van der Waals surface area (Å²) in [5.74, 6) is -0.520. The third kappa shape index (κ3) is 5.84. The van der Waals surface area contributed by atoms with E-state index < -0.39 is 77.0 Å². The maximum Gasteiger partial charge on any atom is 0.116 e. The molecule has 0 radical (unpaired) electrons. The van der Waals surface area contributed by atoms with Gasteiger partial charge in [0.1, 0.15) is 11.5 Å². The lowest BCUT2D eigenvalue weighted by atomic mass is 9.85. The van der Waals surface area contributed by atoms with Gasteiger partial charge in [0.25, 0.3) is 0 Å². The highest BCUT2D eigenvalue weighted by Gasteiger charge is 2.25. The van der Waals surface area contributed by atoms with Crippen molar-refractivity contribution in [1.29, 1.82) is 0 Å². The molecule has 2 aliphatic carbocycles. The maximum atomic E-state index is 10.9. The summed E-state index contributed by atoms with van der Waals surface area (Å²) in [7, 11) is 0. The summed E-state index contributed by atoms with van der Waals surface area (Å²) in [5, 5.41) is 102. The highest BCUT2D eigenvalue weighted by atomic mass is 16.3. The zero-order valence-electron chi connectivity index (χ0n) is 22.5. The lowest BCUT2D eigenvalue weighted by Gasteiger charge is -2.21. The van der Waals surface area contributed by atoms with Crippen molar-refractivity contribution in [2.24, 2.45) is 20.0 Å². The summed E-state index contributed by atoms with van der Waals surface area (Å²) < 4.78 is 0. The zero-order valence-corrected chi connectivity index (χ0v) is 22.5. The number of phenolic OH excluding ortho intramolecular Hbond substituents is 2. The van der Waals surface area contributed by atoms with Crippen LogP contribution in [-0.2, 0) is 0 Å². The van der Waals surface area contributed by atoms with E-state index in [4.69, 9.17) is 0 Å². The van der Waals surface area contributed by atoms with Gasteiger partial charge in [-0.2, -0.15) is 0 Å². The molecule has 14 heteroatoms. The fraction of sp³-hybridized carbons (Fsp3) is 0.429. The van der Waals surface area contributed by atoms with E-state index >= 15 is 0 Å². The molecule has 0 bridgehead atoms. The number of aliphatic hydroxyl groups excluding tert-OH is 8. The number of aromatic hydroxyl groups is 2. The zero-order chi connectivity index (χ0) is 30.6. The Morgan fingerprint density at radius 2 is 0.571 bits per heavy atom. The van der Waals surface area contributed by atoms with E-state index in [1.807, 2.05) is 0 Å². The predicted octanol–water partition coefficient (Wildman–Crippen LogP) is -4.16. The molecule has 0 aromatic heterocycles. The minimum atomic E-state index is -1.01. The molecular formula is C28H34N4O10. The Labute approximate surface area is 238 Å². The average molecular weight is 587 g/mol. The Bertz CT molecular complexity index is 1480. The van der Waals surface area contributed by atoms with Crippen molar-refractivity contribution in [3.63, 3.8) is 0 Å². The Kier molecular flexibility index (Phi) is 10.1. The number of phenols is 2. The minimum absolute atomic E-state index is 0.0791. The highest BCUT2D eigenvalue weighted by Crippen LogP contribution is 2.38. The number of nitrogens with zero attached hydrogens (tertiary/aromatic N) is 4. The van der Waals surface area contributed by atoms with E-state index in [2.05, 4.69) is 20.0 Å². The molecule has 0 heterocycles. The molecule has 0 aliphatic heterocycles. The molecule has 0 unspecified atom stereocenters. The molecule has 0 atom stereocenters. The molecule has 226 valence electrons. The van der Waals surface area contributed by atoms with Gasteiger partial charge in [-0.05, 0) is 24.3 Å². The summed E-state index contributed by atoms with van der Waals surface area (Å²) in [5.41, 5.74) is 0.873. The minimum Gasteiger partial charge on any atom is -0.508 e. The number of hydrogen-bond acceptors (Lipinski definition) is 14. The second kappa shape index (κ2) is 13.6. The molecule has 0 fully saturated rings. The van der Waals surface area contributed by atoms with Crippen LogP contribution in [0.2, 0.25) is 0 Å². The van der Waals surface area contributed by atoms with E-state index in [1.165, 1.54) is 24.3 Å². The molecule has 4 rings (SSSR count). The van der Waals surface area contributed by atoms with Crippen LogP contribution < -0.4 is 21.4 Å². The molecule has 0 saturated heterocycles. The summed E-state index contributed by atoms with van der Waals surface area (Å²) in [6.07, 6.45) is 0. The van der Waals surface area contributed by atoms with Crippen LogP contribution in [0.3, 0.4) is 0 Å². The van der Waals surface area contributed by atoms with Gasteiger partial charge in [-0.25, -0.2) is 0 Å². The summed E-state index contributed by atoms with van der Waals surface area (Å²) in [6, 6.07) is 1.46. The fourth-order valence-corrected chi connectivity index (χ4v) is 4.86. The fourth-order valence-electron chi connectivity index (χ4n) is 4.86. The van der Waals surface area contributed by atoms with Crippen LogP contribution >= 0.6 is 0 Å². The quantitative estimate of drug-likeness (QED) is 0.0717. The molecule has 2 aliphatic rings. The van der Waals surface area contributed by atoms with E-state index in [9.17, 15) is 51.1 Å². The van der Waals surface area contributed by atoms with Gasteiger partial charge >= 0.3 is 0 Å². The van der Waals surface area contributed by atoms with Crippen LogP contribution in [0.4, 0.5) is 0 Å². The first-order valence-electron chi connectivity index (χ1n) is 13.2. The molecule has 0 amide bonds. The van der Waals surface area contributed by atoms with Crippen LogP contribution in [-0.4, -0.2) is 128 Å². The third-order valence-corrected chi connectivity index (χ3v) is 6.90. The van der Waals surface area contributed by atoms with Gasteiger partial charge in [-0.3, -0.25) is 20.0 Å². The van der Waals surface area contributed by atoms with Crippen LogP contribution in [0.15, 0.2) is 44.2 Å². The van der Waals surface area contributed by atoms with Gasteiger partial charge in [0, 0.05) is 32.7 Å². The summed E-state index contributed by atoms with van der Waals surface area (Å²) in [6.45, 7) is -4.35. The van der Waals surface area contributed by atoms with Crippen LogP contribution in [0, 0.1) is 0 Å². The Hall–Kier alpha value is -3.60. The lowest BCUT2D eigenvalue weighted by molar-refractivity contribution is 0.191. The number of rotatable bonds is 12. The van der Waals surface area contributed by atoms with Crippen molar-refractivity contribution in [3.05, 3.63) is 45.7 Å². The van der Waals surface area contributed by atoms with Crippen molar-refractivity contribution < 1.29 is 51.1 Å². The van der Waals surface area contributed by atoms with E-state index in [0.717, 1.165) is 0 Å². The molecule has 0 spiro atoms. The first kappa shape index (κ1) is 31.3. The lowest BCUT2D eigenvalue weighted by Crippen LogP contribution is -2.38. The topological polar surface area (TPSA) is 252 Å². The molecule has 2 aromatic rings. The average Bonchev–Trinajstić information content (AvgIpc) is 3.00. The molecule has 10 N–H and O–H groups in total. The summed E-state index contributed by atoms with van der Waals surface area (Å²) >= 11 is 0. The van der Waals surface area contributed by atoms with Crippen molar-refractivity contribution in [2.75, 3.05) is 52.9 Å². The molecule has 0 saturated carbocycles. The smallest absolute Gasteiger partial charge is 0.116 e. The number of aliphatic hydroxyl groups is 8. The van der Waals surface area contributed by atoms with Crippen molar-refractivity contribution in [3.8, 4) is 22.6 Å². The highest BCUT2D eigenvalue weighted by molar-refractivity contribution is 6.12. The Morgan fingerprint density at radius 1 is 0.381 bits per heavy atom. The SMILES string of the molecule is OCC(CO)N=c1c(=NC(CO)CO)c2cc(O)cc3c2-c2c1cc(O)cc2c(=NC(CO)CO)c3=NC(CO)CO. The van der Waals surface area contributed by atoms with Crippen LogP contribution in [0.25, 0.3) is 32.7 Å². The molecular weight excluding hydrogens is 552 g/mol. The first-order valence-corrected chi connectivity index (χ1v) is 13.2. The van der Waals surface area contributed by atoms with Gasteiger partial charge in [0.05, 0.1) is 98.5 Å². The predicted molar refractivity (Wildman–Crippen MR) is 149 cm³/mol. The standard InChI is InChI=1S/C28H34N4O10/c33-5-13(6-34)29-25-19-1-17(41)2-20-23(19)24-21(26(25)30-14(7-35)8-36)3-18(42)4-22(24)28(32-16(11-39)12-40)27(20)31-15(9-37)10-38/h1-4,13-16,33-42H,5-12H2. The summed E-state index contributed by atoms with van der Waals surface area (Å²) in [4.78, 5) is 18.0. The number of hydrogen-bond donors (Lipinski definition) is 10. The van der Waals surface area contributed by atoms with Gasteiger partial charge in [-0.1, -0.05) is 0 Å². The Morgan fingerprint density at radius 3 is 0.738 bits per heavy atom. The van der Waals surface area contributed by atoms with Gasteiger partial charge < -0.3 is 51.1 Å². The van der Waals surface area contributed by atoms with Gasteiger partial charge in [0.2, 0.25) is 0 Å². The maximum absolute atomic E-state index is 10.9. The van der Waals surface area contributed by atoms with Crippen molar-refractivity contribution in [2.45, 2.75) is 24.2 Å². The number of benzene rings is 4. The van der Waals surface area contributed by atoms with E-state index in [-0.39, 0.29) is 54.5 Å². The van der Waals surface area contributed by atoms with Crippen LogP contribution in [0.1, 0.15) is 0 Å². The normalized spacial score (nSPS) is 14.7. The van der Waals surface area contributed by atoms with Crippen molar-refractivity contribution >= 4 is 21.5 Å². The molecule has 42 heavy (non-hydrogen) atoms. The Balaban J connectivity index is 2.49. The largest absolute Gasteiger partial charge is 0.508 e. The third-order valence-electron chi connectivity index (χ3n) is 6.90. The monoisotopic (exact) mass is 586 g/mol. The second-order valence-corrected chi connectivity index (χ2v) is 9.82. The second-order valence-electron chi connectivity index (χ2n) is 9.82. The van der Waals surface area contributed by atoms with Crippen molar-refractivity contribution in [1.82, 2.24) is 0 Å². The molecule has 2 aromatic carbocycles. The van der Waals surface area contributed by atoms with Gasteiger partial charge in [0.15, 0.2) is 0 Å². The van der Waals surface area contributed by atoms with Crippen LogP contribution in [0.5, 0.6) is 11.5 Å². The molecule has 14 nitrogen and oxygen atoms in total. The first-order chi connectivity index (χ1) is 20.3. The van der Waals surface area contributed by atoms with E-state index in [0.29, 0.717) is 11.1 Å². The van der Waals surface area contributed by atoms with Gasteiger partial charge in [-0.15, -0.1) is 0 Å². The van der Waals surface area contributed by atoms with E-state index in [1.54, 1.807) is 0 Å².